The number of methoxy groups -OCH3 is 2. The normalized spacial score (nSPS) is 10.3. The van der Waals surface area contributed by atoms with Gasteiger partial charge in [-0.05, 0) is 47.5 Å². The molecule has 0 fully saturated rings. The van der Waals surface area contributed by atoms with Gasteiger partial charge < -0.3 is 14.4 Å². The van der Waals surface area contributed by atoms with Crippen molar-refractivity contribution in [1.82, 2.24) is 0 Å². The molecule has 27 heavy (non-hydrogen) atoms. The highest BCUT2D eigenvalue weighted by Gasteiger charge is 2.17. The van der Waals surface area contributed by atoms with Crippen LogP contribution in [0.2, 0.25) is 0 Å². The van der Waals surface area contributed by atoms with Crippen molar-refractivity contribution in [2.24, 2.45) is 0 Å². The van der Waals surface area contributed by atoms with Crippen LogP contribution in [-0.4, -0.2) is 20.1 Å². The van der Waals surface area contributed by atoms with Crippen LogP contribution >= 0.6 is 0 Å². The minimum absolute atomic E-state index is 0.0253. The topological polar surface area (TPSA) is 38.8 Å². The van der Waals surface area contributed by atoms with Crippen LogP contribution in [0.5, 0.6) is 11.5 Å². The first-order valence-electron chi connectivity index (χ1n) is 8.81. The summed E-state index contributed by atoms with van der Waals surface area (Å²) in [6, 6.07) is 25.1. The molecule has 0 radical (unpaired) electrons. The lowest BCUT2D eigenvalue weighted by Crippen LogP contribution is -2.31. The van der Waals surface area contributed by atoms with E-state index in [1.807, 2.05) is 78.9 Å². The highest BCUT2D eigenvalue weighted by atomic mass is 16.5. The highest BCUT2D eigenvalue weighted by molar-refractivity contribution is 5.94. The molecule has 0 aliphatic rings. The van der Waals surface area contributed by atoms with E-state index in [-0.39, 0.29) is 5.91 Å². The Balaban J connectivity index is 1.86. The van der Waals surface area contributed by atoms with Crippen molar-refractivity contribution < 1.29 is 14.3 Å². The summed E-state index contributed by atoms with van der Waals surface area (Å²) in [5, 5.41) is 0. The van der Waals surface area contributed by atoms with Gasteiger partial charge in [-0.25, -0.2) is 0 Å². The number of nitrogens with zero attached hydrogens (tertiary/aromatic N) is 1. The van der Waals surface area contributed by atoms with E-state index < -0.39 is 0 Å². The number of carbonyl (C=O) groups excluding carboxylic acids is 1. The lowest BCUT2D eigenvalue weighted by molar-refractivity contribution is -0.118. The van der Waals surface area contributed by atoms with Gasteiger partial charge in [0.05, 0.1) is 27.2 Å². The van der Waals surface area contributed by atoms with Gasteiger partial charge in [0, 0.05) is 5.69 Å². The molecule has 0 bridgehead atoms. The third kappa shape index (κ3) is 4.88. The highest BCUT2D eigenvalue weighted by Crippen LogP contribution is 2.23. The van der Waals surface area contributed by atoms with Gasteiger partial charge in [0.1, 0.15) is 11.5 Å². The molecule has 3 aromatic carbocycles. The van der Waals surface area contributed by atoms with Crippen molar-refractivity contribution in [2.45, 2.75) is 13.0 Å². The molecule has 4 nitrogen and oxygen atoms in total. The van der Waals surface area contributed by atoms with E-state index in [1.54, 1.807) is 19.1 Å². The molecule has 0 spiro atoms. The molecular weight excluding hydrogens is 338 g/mol. The van der Waals surface area contributed by atoms with Crippen molar-refractivity contribution in [1.29, 1.82) is 0 Å². The number of anilines is 1. The zero-order chi connectivity index (χ0) is 19.1. The van der Waals surface area contributed by atoms with Crippen LogP contribution in [0.25, 0.3) is 0 Å². The van der Waals surface area contributed by atoms with Crippen LogP contribution in [0.4, 0.5) is 5.69 Å². The van der Waals surface area contributed by atoms with Gasteiger partial charge >= 0.3 is 0 Å². The molecule has 0 saturated heterocycles. The number of hydrogen-bond acceptors (Lipinski definition) is 3. The summed E-state index contributed by atoms with van der Waals surface area (Å²) < 4.78 is 10.5. The molecule has 0 saturated carbocycles. The van der Waals surface area contributed by atoms with Crippen LogP contribution in [0.3, 0.4) is 0 Å². The Labute approximate surface area is 160 Å². The quantitative estimate of drug-likeness (QED) is 0.623. The Morgan fingerprint density at radius 1 is 0.778 bits per heavy atom. The monoisotopic (exact) mass is 361 g/mol. The summed E-state index contributed by atoms with van der Waals surface area (Å²) in [6.45, 7) is 0.510. The van der Waals surface area contributed by atoms with Crippen LogP contribution < -0.4 is 14.4 Å². The molecule has 3 aromatic rings. The molecule has 0 atom stereocenters. The molecule has 1 amide bonds. The van der Waals surface area contributed by atoms with Crippen molar-refractivity contribution >= 4 is 11.6 Å². The van der Waals surface area contributed by atoms with Crippen LogP contribution in [0, 0.1) is 0 Å². The van der Waals surface area contributed by atoms with Crippen molar-refractivity contribution in [2.75, 3.05) is 19.1 Å². The van der Waals surface area contributed by atoms with Gasteiger partial charge in [0.2, 0.25) is 5.91 Å². The zero-order valence-corrected chi connectivity index (χ0v) is 15.6. The summed E-state index contributed by atoms with van der Waals surface area (Å²) in [5.41, 5.74) is 2.84. The van der Waals surface area contributed by atoms with Gasteiger partial charge in [-0.1, -0.05) is 42.5 Å². The first-order chi connectivity index (χ1) is 13.2. The maximum atomic E-state index is 13.1. The van der Waals surface area contributed by atoms with Gasteiger partial charge in [-0.3, -0.25) is 4.79 Å². The predicted molar refractivity (Wildman–Crippen MR) is 107 cm³/mol. The second-order valence-electron chi connectivity index (χ2n) is 6.19. The SMILES string of the molecule is COc1ccc(N(Cc2ccccc2)C(=O)Cc2cccc(OC)c2)cc1. The van der Waals surface area contributed by atoms with Crippen molar-refractivity contribution in [3.05, 3.63) is 90.0 Å². The smallest absolute Gasteiger partial charge is 0.231 e. The van der Waals surface area contributed by atoms with Gasteiger partial charge in [-0.2, -0.15) is 0 Å². The van der Waals surface area contributed by atoms with E-state index in [4.69, 9.17) is 9.47 Å². The van der Waals surface area contributed by atoms with Gasteiger partial charge in [0.15, 0.2) is 0 Å². The number of rotatable bonds is 7. The summed E-state index contributed by atoms with van der Waals surface area (Å²) in [6.07, 6.45) is 0.302. The molecule has 3 rings (SSSR count). The third-order valence-electron chi connectivity index (χ3n) is 4.36. The second-order valence-corrected chi connectivity index (χ2v) is 6.19. The lowest BCUT2D eigenvalue weighted by Gasteiger charge is -2.23. The number of carbonyl (C=O) groups is 1. The number of ether oxygens (including phenoxy) is 2. The fraction of sp³-hybridized carbons (Fsp3) is 0.174. The van der Waals surface area contributed by atoms with Gasteiger partial charge in [0.25, 0.3) is 0 Å². The van der Waals surface area contributed by atoms with Gasteiger partial charge in [-0.15, -0.1) is 0 Å². The Bertz CT molecular complexity index is 876. The molecule has 0 heterocycles. The summed E-state index contributed by atoms with van der Waals surface area (Å²) in [5.74, 6) is 1.54. The van der Waals surface area contributed by atoms with Crippen molar-refractivity contribution in [3.63, 3.8) is 0 Å². The molecule has 0 unspecified atom stereocenters. The first kappa shape index (κ1) is 18.5. The maximum Gasteiger partial charge on any atom is 0.231 e. The lowest BCUT2D eigenvalue weighted by atomic mass is 10.1. The Morgan fingerprint density at radius 3 is 2.11 bits per heavy atom. The van der Waals surface area contributed by atoms with E-state index in [2.05, 4.69) is 0 Å². The van der Waals surface area contributed by atoms with Crippen LogP contribution in [0.1, 0.15) is 11.1 Å². The third-order valence-corrected chi connectivity index (χ3v) is 4.36. The minimum Gasteiger partial charge on any atom is -0.497 e. The Kier molecular flexibility index (Phi) is 6.10. The van der Waals surface area contributed by atoms with Crippen molar-refractivity contribution in [3.8, 4) is 11.5 Å². The second kappa shape index (κ2) is 8.90. The summed E-state index contributed by atoms with van der Waals surface area (Å²) in [7, 11) is 3.25. The molecule has 0 aliphatic carbocycles. The fourth-order valence-electron chi connectivity index (χ4n) is 2.90. The standard InChI is InChI=1S/C23H23NO3/c1-26-21-13-11-20(12-14-21)24(17-18-7-4-3-5-8-18)23(25)16-19-9-6-10-22(15-19)27-2/h3-15H,16-17H2,1-2H3. The molecule has 138 valence electrons. The summed E-state index contributed by atoms with van der Waals surface area (Å²) in [4.78, 5) is 14.9. The Morgan fingerprint density at radius 2 is 1.44 bits per heavy atom. The molecule has 4 heteroatoms. The van der Waals surface area contributed by atoms with E-state index >= 15 is 0 Å². The van der Waals surface area contributed by atoms with E-state index in [1.165, 1.54) is 0 Å². The van der Waals surface area contributed by atoms with Crippen LogP contribution in [-0.2, 0) is 17.8 Å². The molecule has 0 N–H and O–H groups in total. The average molecular weight is 361 g/mol. The largest absolute Gasteiger partial charge is 0.497 e. The molecule has 0 aromatic heterocycles. The first-order valence-corrected chi connectivity index (χ1v) is 8.81. The fourth-order valence-corrected chi connectivity index (χ4v) is 2.90. The minimum atomic E-state index is 0.0253. The number of amides is 1. The molecular formula is C23H23NO3. The number of benzene rings is 3. The average Bonchev–Trinajstić information content (AvgIpc) is 2.73. The molecule has 0 aliphatic heterocycles. The zero-order valence-electron chi connectivity index (χ0n) is 15.6. The predicted octanol–water partition coefficient (Wildman–Crippen LogP) is 4.48. The maximum absolute atomic E-state index is 13.1. The van der Waals surface area contributed by atoms with E-state index in [9.17, 15) is 4.79 Å². The number of hydrogen-bond donors (Lipinski definition) is 0. The Hall–Kier alpha value is -3.27. The van der Waals surface area contributed by atoms with Crippen LogP contribution in [0.15, 0.2) is 78.9 Å². The van der Waals surface area contributed by atoms with E-state index in [0.29, 0.717) is 13.0 Å². The summed E-state index contributed by atoms with van der Waals surface area (Å²) >= 11 is 0. The van der Waals surface area contributed by atoms with E-state index in [0.717, 1.165) is 28.3 Å².